The van der Waals surface area contributed by atoms with Crippen LogP contribution >= 0.6 is 11.6 Å². The minimum atomic E-state index is -0.737. The van der Waals surface area contributed by atoms with E-state index in [1.807, 2.05) is 11.9 Å². The van der Waals surface area contributed by atoms with Crippen molar-refractivity contribution in [1.82, 2.24) is 4.98 Å². The summed E-state index contributed by atoms with van der Waals surface area (Å²) in [6.45, 7) is 1.66. The van der Waals surface area contributed by atoms with E-state index in [1.54, 1.807) is 12.3 Å². The van der Waals surface area contributed by atoms with Crippen LogP contribution in [0.3, 0.4) is 0 Å². The van der Waals surface area contributed by atoms with Gasteiger partial charge in [0, 0.05) is 39.6 Å². The lowest BCUT2D eigenvalue weighted by atomic mass is 9.94. The number of aromatic nitrogens is 1. The van der Waals surface area contributed by atoms with Gasteiger partial charge in [-0.3, -0.25) is 0 Å². The number of likely N-dealkylation sites (N-methyl/N-ethyl adjacent to an activating group) is 1. The van der Waals surface area contributed by atoms with E-state index in [1.165, 1.54) is 0 Å². The smallest absolute Gasteiger partial charge is 0.147 e. The first-order valence-electron chi connectivity index (χ1n) is 5.92. The van der Waals surface area contributed by atoms with Crippen molar-refractivity contribution < 1.29 is 9.84 Å². The second kappa shape index (κ2) is 5.30. The van der Waals surface area contributed by atoms with Crippen molar-refractivity contribution in [3.63, 3.8) is 0 Å². The Bertz CT molecular complexity index is 422. The second-order valence-electron chi connectivity index (χ2n) is 4.77. The minimum absolute atomic E-state index is 0.479. The van der Waals surface area contributed by atoms with E-state index >= 15 is 0 Å². The summed E-state index contributed by atoms with van der Waals surface area (Å²) in [5.74, 6) is 0.630. The highest BCUT2D eigenvalue weighted by Crippen LogP contribution is 2.28. The molecule has 100 valence electrons. The number of pyridine rings is 1. The zero-order chi connectivity index (χ0) is 13.2. The van der Waals surface area contributed by atoms with E-state index in [9.17, 15) is 5.11 Å². The van der Waals surface area contributed by atoms with Crippen molar-refractivity contribution in [3.8, 4) is 0 Å². The molecule has 0 radical (unpaired) electrons. The van der Waals surface area contributed by atoms with Gasteiger partial charge < -0.3 is 20.5 Å². The summed E-state index contributed by atoms with van der Waals surface area (Å²) in [5.41, 5.74) is 5.40. The van der Waals surface area contributed by atoms with Gasteiger partial charge in [0.15, 0.2) is 0 Å². The van der Waals surface area contributed by atoms with Gasteiger partial charge in [-0.1, -0.05) is 11.6 Å². The Balaban J connectivity index is 2.08. The zero-order valence-electron chi connectivity index (χ0n) is 10.4. The van der Waals surface area contributed by atoms with E-state index in [0.29, 0.717) is 49.1 Å². The highest BCUT2D eigenvalue weighted by atomic mass is 35.5. The monoisotopic (exact) mass is 271 g/mol. The van der Waals surface area contributed by atoms with E-state index in [-0.39, 0.29) is 0 Å². The summed E-state index contributed by atoms with van der Waals surface area (Å²) in [6, 6.07) is 1.66. The van der Waals surface area contributed by atoms with Crippen LogP contribution in [-0.4, -0.2) is 42.5 Å². The largest absolute Gasteiger partial charge is 0.397 e. The fourth-order valence-corrected chi connectivity index (χ4v) is 2.47. The molecule has 0 amide bonds. The molecule has 6 heteroatoms. The lowest BCUT2D eigenvalue weighted by Gasteiger charge is -2.36. The van der Waals surface area contributed by atoms with Crippen LogP contribution in [0.25, 0.3) is 0 Å². The highest BCUT2D eigenvalue weighted by molar-refractivity contribution is 6.33. The van der Waals surface area contributed by atoms with E-state index < -0.39 is 5.60 Å². The van der Waals surface area contributed by atoms with Crippen LogP contribution in [0.4, 0.5) is 11.5 Å². The number of nitrogens with zero attached hydrogens (tertiary/aromatic N) is 2. The molecule has 5 nitrogen and oxygen atoms in total. The second-order valence-corrected chi connectivity index (χ2v) is 5.17. The number of hydrogen-bond acceptors (Lipinski definition) is 5. The molecular weight excluding hydrogens is 254 g/mol. The summed E-state index contributed by atoms with van der Waals surface area (Å²) in [7, 11) is 1.86. The van der Waals surface area contributed by atoms with Crippen molar-refractivity contribution >= 4 is 23.1 Å². The topological polar surface area (TPSA) is 71.6 Å². The molecule has 1 fully saturated rings. The first-order valence-corrected chi connectivity index (χ1v) is 6.30. The van der Waals surface area contributed by atoms with Crippen LogP contribution in [0.2, 0.25) is 5.02 Å². The molecule has 0 unspecified atom stereocenters. The molecule has 1 aromatic heterocycles. The third kappa shape index (κ3) is 3.04. The summed E-state index contributed by atoms with van der Waals surface area (Å²) >= 11 is 6.10. The summed E-state index contributed by atoms with van der Waals surface area (Å²) in [6.07, 6.45) is 2.82. The van der Waals surface area contributed by atoms with Gasteiger partial charge in [-0.2, -0.15) is 0 Å². The molecule has 0 saturated carbocycles. The number of hydrogen-bond donors (Lipinski definition) is 2. The first-order chi connectivity index (χ1) is 8.50. The van der Waals surface area contributed by atoms with Crippen LogP contribution in [0.1, 0.15) is 12.8 Å². The maximum absolute atomic E-state index is 10.4. The van der Waals surface area contributed by atoms with Gasteiger partial charge in [-0.25, -0.2) is 4.98 Å². The number of anilines is 2. The van der Waals surface area contributed by atoms with Crippen LogP contribution in [0.15, 0.2) is 12.3 Å². The van der Waals surface area contributed by atoms with Crippen molar-refractivity contribution in [2.75, 3.05) is 37.4 Å². The summed E-state index contributed by atoms with van der Waals surface area (Å²) in [5, 5.41) is 10.9. The Morgan fingerprint density at radius 3 is 2.83 bits per heavy atom. The van der Waals surface area contributed by atoms with Gasteiger partial charge in [0.1, 0.15) is 5.82 Å². The molecule has 2 rings (SSSR count). The Labute approximate surface area is 112 Å². The molecule has 1 aromatic rings. The number of ether oxygens (including phenoxy) is 1. The quantitative estimate of drug-likeness (QED) is 0.867. The third-order valence-corrected chi connectivity index (χ3v) is 3.44. The molecule has 0 spiro atoms. The Morgan fingerprint density at radius 1 is 1.56 bits per heavy atom. The third-order valence-electron chi connectivity index (χ3n) is 3.16. The molecule has 3 N–H and O–H groups in total. The summed E-state index contributed by atoms with van der Waals surface area (Å²) < 4.78 is 5.25. The lowest BCUT2D eigenvalue weighted by molar-refractivity contribution is -0.0573. The molecule has 1 aliphatic rings. The van der Waals surface area contributed by atoms with Gasteiger partial charge in [0.05, 0.1) is 22.5 Å². The van der Waals surface area contributed by atoms with Crippen LogP contribution in [-0.2, 0) is 4.74 Å². The zero-order valence-corrected chi connectivity index (χ0v) is 11.2. The van der Waals surface area contributed by atoms with Crippen LogP contribution < -0.4 is 10.6 Å². The van der Waals surface area contributed by atoms with E-state index in [0.717, 1.165) is 0 Å². The molecule has 0 aliphatic carbocycles. The fourth-order valence-electron chi connectivity index (χ4n) is 2.15. The summed E-state index contributed by atoms with van der Waals surface area (Å²) in [4.78, 5) is 6.06. The van der Waals surface area contributed by atoms with Gasteiger partial charge in [-0.15, -0.1) is 0 Å². The fraction of sp³-hybridized carbons (Fsp3) is 0.583. The molecule has 1 saturated heterocycles. The molecule has 1 aliphatic heterocycles. The minimum Gasteiger partial charge on any atom is -0.397 e. The number of nitrogens with two attached hydrogens (primary N) is 1. The first kappa shape index (κ1) is 13.4. The average Bonchev–Trinajstić information content (AvgIpc) is 2.28. The van der Waals surface area contributed by atoms with Crippen molar-refractivity contribution in [2.24, 2.45) is 0 Å². The lowest BCUT2D eigenvalue weighted by Crippen LogP contribution is -2.46. The SMILES string of the molecule is CN(CC1(O)CCOCC1)c1ncc(N)cc1Cl. The normalized spacial score (nSPS) is 18.6. The van der Waals surface area contributed by atoms with E-state index in [4.69, 9.17) is 22.1 Å². The maximum Gasteiger partial charge on any atom is 0.147 e. The molecule has 2 heterocycles. The van der Waals surface area contributed by atoms with Crippen molar-refractivity contribution in [2.45, 2.75) is 18.4 Å². The number of rotatable bonds is 3. The van der Waals surface area contributed by atoms with Gasteiger partial charge in [0.25, 0.3) is 0 Å². The van der Waals surface area contributed by atoms with Crippen LogP contribution in [0.5, 0.6) is 0 Å². The Morgan fingerprint density at radius 2 is 2.22 bits per heavy atom. The van der Waals surface area contributed by atoms with Crippen LogP contribution in [0, 0.1) is 0 Å². The van der Waals surface area contributed by atoms with Gasteiger partial charge >= 0.3 is 0 Å². The van der Waals surface area contributed by atoms with Gasteiger partial charge in [0.2, 0.25) is 0 Å². The predicted molar refractivity (Wildman–Crippen MR) is 71.9 cm³/mol. The number of aliphatic hydroxyl groups is 1. The van der Waals surface area contributed by atoms with Crippen molar-refractivity contribution in [3.05, 3.63) is 17.3 Å². The molecule has 18 heavy (non-hydrogen) atoms. The number of nitrogen functional groups attached to an aromatic ring is 1. The molecule has 0 aromatic carbocycles. The predicted octanol–water partition coefficient (Wildman–Crippen LogP) is 1.29. The van der Waals surface area contributed by atoms with Crippen molar-refractivity contribution in [1.29, 1.82) is 0 Å². The highest BCUT2D eigenvalue weighted by Gasteiger charge is 2.31. The molecular formula is C12H18ClN3O2. The Hall–Kier alpha value is -1.04. The Kier molecular flexibility index (Phi) is 3.94. The number of halogens is 1. The molecule has 0 atom stereocenters. The van der Waals surface area contributed by atoms with Gasteiger partial charge in [-0.05, 0) is 6.07 Å². The average molecular weight is 272 g/mol. The maximum atomic E-state index is 10.4. The standard InChI is InChI=1S/C12H18ClN3O2/c1-16(8-12(17)2-4-18-5-3-12)11-10(13)6-9(14)7-15-11/h6-7,17H,2-5,8,14H2,1H3. The molecule has 0 bridgehead atoms. The van der Waals surface area contributed by atoms with E-state index in [2.05, 4.69) is 4.98 Å².